The fourth-order valence-corrected chi connectivity index (χ4v) is 2.87. The molecule has 0 bridgehead atoms. The predicted octanol–water partition coefficient (Wildman–Crippen LogP) is 3.39. The average Bonchev–Trinajstić information content (AvgIpc) is 2.65. The minimum atomic E-state index is -0.657. The third-order valence-electron chi connectivity index (χ3n) is 4.51. The Labute approximate surface area is 167 Å². The lowest BCUT2D eigenvalue weighted by atomic mass is 10.1. The van der Waals surface area contributed by atoms with Crippen LogP contribution in [-0.4, -0.2) is 65.6 Å². The van der Waals surface area contributed by atoms with E-state index in [1.807, 2.05) is 4.90 Å². The summed E-state index contributed by atoms with van der Waals surface area (Å²) < 4.78 is 0. The Morgan fingerprint density at radius 3 is 1.56 bits per heavy atom. The fourth-order valence-electron chi connectivity index (χ4n) is 2.87. The van der Waals surface area contributed by atoms with Crippen LogP contribution in [0.2, 0.25) is 0 Å². The molecule has 0 aliphatic carbocycles. The standard InChI is InChI=1S/C14H28O2.C7H18N2O2/c1-2-3-4-5-6-7-8-9-10-11-12-13-14(15)16;8-2-1-3-9(4-6-10)5-7-11/h2-13H2,1H3,(H,15,16);10-11H,1-8H2. The maximum Gasteiger partial charge on any atom is 0.303 e. The summed E-state index contributed by atoms with van der Waals surface area (Å²) in [6.07, 6.45) is 15.3. The van der Waals surface area contributed by atoms with Crippen LogP contribution in [0.15, 0.2) is 0 Å². The first-order valence-corrected chi connectivity index (χ1v) is 11.0. The Morgan fingerprint density at radius 2 is 1.19 bits per heavy atom. The summed E-state index contributed by atoms with van der Waals surface area (Å²) in [5, 5.41) is 25.7. The van der Waals surface area contributed by atoms with E-state index in [9.17, 15) is 4.79 Å². The van der Waals surface area contributed by atoms with Gasteiger partial charge in [0.2, 0.25) is 0 Å². The molecule has 0 unspecified atom stereocenters. The van der Waals surface area contributed by atoms with Gasteiger partial charge in [-0.1, -0.05) is 71.1 Å². The molecule has 0 aromatic carbocycles. The van der Waals surface area contributed by atoms with Gasteiger partial charge >= 0.3 is 5.97 Å². The highest BCUT2D eigenvalue weighted by Crippen LogP contribution is 2.11. The highest BCUT2D eigenvalue weighted by Gasteiger charge is 2.01. The molecule has 0 aliphatic heterocycles. The number of carboxylic acids is 1. The largest absolute Gasteiger partial charge is 0.481 e. The molecule has 0 atom stereocenters. The highest BCUT2D eigenvalue weighted by atomic mass is 16.4. The van der Waals surface area contributed by atoms with Gasteiger partial charge in [0.1, 0.15) is 0 Å². The molecule has 164 valence electrons. The minimum absolute atomic E-state index is 0.143. The Morgan fingerprint density at radius 1 is 0.741 bits per heavy atom. The molecule has 0 aromatic heterocycles. The van der Waals surface area contributed by atoms with Gasteiger partial charge in [0.05, 0.1) is 13.2 Å². The van der Waals surface area contributed by atoms with Crippen molar-refractivity contribution in [3.8, 4) is 0 Å². The quantitative estimate of drug-likeness (QED) is 0.252. The second-order valence-corrected chi connectivity index (χ2v) is 7.11. The number of aliphatic hydroxyl groups is 2. The van der Waals surface area contributed by atoms with Gasteiger partial charge < -0.3 is 21.1 Å². The number of nitrogens with two attached hydrogens (primary N) is 1. The molecule has 0 rings (SSSR count). The van der Waals surface area contributed by atoms with Crippen molar-refractivity contribution in [3.05, 3.63) is 0 Å². The normalized spacial score (nSPS) is 10.7. The van der Waals surface area contributed by atoms with Crippen LogP contribution < -0.4 is 5.73 Å². The number of aliphatic hydroxyl groups excluding tert-OH is 2. The molecule has 0 aromatic rings. The Hall–Kier alpha value is -0.690. The van der Waals surface area contributed by atoms with E-state index < -0.39 is 5.97 Å². The predicted molar refractivity (Wildman–Crippen MR) is 113 cm³/mol. The second-order valence-electron chi connectivity index (χ2n) is 7.11. The van der Waals surface area contributed by atoms with Crippen molar-refractivity contribution in [2.75, 3.05) is 39.4 Å². The van der Waals surface area contributed by atoms with Crippen molar-refractivity contribution in [3.63, 3.8) is 0 Å². The molecule has 6 nitrogen and oxygen atoms in total. The summed E-state index contributed by atoms with van der Waals surface area (Å²) in [6, 6.07) is 0. The van der Waals surface area contributed by atoms with Gasteiger partial charge in [0.25, 0.3) is 0 Å². The van der Waals surface area contributed by atoms with E-state index in [4.69, 9.17) is 21.1 Å². The molecule has 0 heterocycles. The molecule has 0 saturated heterocycles. The molecule has 0 radical (unpaired) electrons. The van der Waals surface area contributed by atoms with Crippen LogP contribution in [0.3, 0.4) is 0 Å². The molecular formula is C21H46N2O4. The van der Waals surface area contributed by atoms with Crippen LogP contribution in [-0.2, 0) is 4.79 Å². The Balaban J connectivity index is 0. The Kier molecular flexibility index (Phi) is 26.7. The number of unbranched alkanes of at least 4 members (excludes halogenated alkanes) is 10. The summed E-state index contributed by atoms with van der Waals surface area (Å²) in [6.45, 7) is 5.30. The summed E-state index contributed by atoms with van der Waals surface area (Å²) in [5.74, 6) is -0.657. The van der Waals surface area contributed by atoms with Crippen LogP contribution in [0.25, 0.3) is 0 Å². The van der Waals surface area contributed by atoms with Crippen molar-refractivity contribution in [2.45, 2.75) is 90.4 Å². The van der Waals surface area contributed by atoms with Crippen molar-refractivity contribution in [1.82, 2.24) is 4.90 Å². The van der Waals surface area contributed by atoms with Gasteiger partial charge in [-0.25, -0.2) is 0 Å². The summed E-state index contributed by atoms with van der Waals surface area (Å²) in [7, 11) is 0. The molecule has 0 amide bonds. The first kappa shape index (κ1) is 28.5. The number of carboxylic acid groups (broad SMARTS) is 1. The van der Waals surface area contributed by atoms with Crippen molar-refractivity contribution >= 4 is 5.97 Å². The lowest BCUT2D eigenvalue weighted by Gasteiger charge is -2.19. The number of rotatable bonds is 19. The molecule has 5 N–H and O–H groups in total. The van der Waals surface area contributed by atoms with E-state index in [-0.39, 0.29) is 13.2 Å². The molecule has 0 saturated carbocycles. The van der Waals surface area contributed by atoms with Crippen molar-refractivity contribution in [2.24, 2.45) is 5.73 Å². The lowest BCUT2D eigenvalue weighted by Crippen LogP contribution is -2.31. The topological polar surface area (TPSA) is 107 Å². The average molecular weight is 391 g/mol. The van der Waals surface area contributed by atoms with Gasteiger partial charge in [0.15, 0.2) is 0 Å². The maximum absolute atomic E-state index is 10.3. The summed E-state index contributed by atoms with van der Waals surface area (Å²) >= 11 is 0. The van der Waals surface area contributed by atoms with E-state index in [1.54, 1.807) is 0 Å². The van der Waals surface area contributed by atoms with Gasteiger partial charge in [0, 0.05) is 19.5 Å². The third-order valence-corrected chi connectivity index (χ3v) is 4.51. The van der Waals surface area contributed by atoms with Crippen molar-refractivity contribution < 1.29 is 20.1 Å². The van der Waals surface area contributed by atoms with Crippen LogP contribution in [0.5, 0.6) is 0 Å². The summed E-state index contributed by atoms with van der Waals surface area (Å²) in [4.78, 5) is 12.3. The smallest absolute Gasteiger partial charge is 0.303 e. The zero-order valence-electron chi connectivity index (χ0n) is 17.7. The van der Waals surface area contributed by atoms with E-state index >= 15 is 0 Å². The van der Waals surface area contributed by atoms with Gasteiger partial charge in [-0.05, 0) is 25.9 Å². The van der Waals surface area contributed by atoms with Gasteiger partial charge in [-0.15, -0.1) is 0 Å². The number of carbonyl (C=O) groups is 1. The SMILES string of the molecule is CCCCCCCCCCCCCC(=O)O.NCCCN(CCO)CCO. The zero-order valence-corrected chi connectivity index (χ0v) is 17.7. The molecule has 6 heteroatoms. The molecule has 0 aliphatic rings. The van der Waals surface area contributed by atoms with Crippen LogP contribution in [0.4, 0.5) is 0 Å². The zero-order chi connectivity index (χ0) is 20.6. The number of aliphatic carboxylic acids is 1. The van der Waals surface area contributed by atoms with Crippen LogP contribution in [0.1, 0.15) is 90.4 Å². The van der Waals surface area contributed by atoms with E-state index in [0.29, 0.717) is 26.1 Å². The van der Waals surface area contributed by atoms with E-state index in [2.05, 4.69) is 6.92 Å². The van der Waals surface area contributed by atoms with Crippen LogP contribution in [0, 0.1) is 0 Å². The van der Waals surface area contributed by atoms with Gasteiger partial charge in [-0.3, -0.25) is 9.69 Å². The monoisotopic (exact) mass is 390 g/mol. The fraction of sp³-hybridized carbons (Fsp3) is 0.952. The minimum Gasteiger partial charge on any atom is -0.481 e. The highest BCUT2D eigenvalue weighted by molar-refractivity contribution is 5.66. The van der Waals surface area contributed by atoms with Crippen LogP contribution >= 0.6 is 0 Å². The second kappa shape index (κ2) is 25.3. The number of nitrogens with zero attached hydrogens (tertiary/aromatic N) is 1. The lowest BCUT2D eigenvalue weighted by molar-refractivity contribution is -0.137. The first-order valence-electron chi connectivity index (χ1n) is 11.0. The summed E-state index contributed by atoms with van der Waals surface area (Å²) in [5.41, 5.74) is 5.32. The molecule has 0 fully saturated rings. The Bertz CT molecular complexity index is 285. The molecule has 0 spiro atoms. The molecular weight excluding hydrogens is 344 g/mol. The number of hydrogen-bond donors (Lipinski definition) is 4. The van der Waals surface area contributed by atoms with E-state index in [1.165, 1.54) is 57.8 Å². The maximum atomic E-state index is 10.3. The third kappa shape index (κ3) is 27.6. The first-order chi connectivity index (χ1) is 13.1. The molecule has 27 heavy (non-hydrogen) atoms. The van der Waals surface area contributed by atoms with Gasteiger partial charge in [-0.2, -0.15) is 0 Å². The number of hydrogen-bond acceptors (Lipinski definition) is 5. The van der Waals surface area contributed by atoms with Crippen molar-refractivity contribution in [1.29, 1.82) is 0 Å². The van der Waals surface area contributed by atoms with E-state index in [0.717, 1.165) is 25.8 Å².